The van der Waals surface area contributed by atoms with Gasteiger partial charge in [-0.1, -0.05) is 11.6 Å². The van der Waals surface area contributed by atoms with Crippen molar-refractivity contribution in [2.24, 2.45) is 0 Å². The molecule has 1 aromatic carbocycles. The molecule has 0 aliphatic heterocycles. The molecule has 0 amide bonds. The Bertz CT molecular complexity index is 766. The van der Waals surface area contributed by atoms with Gasteiger partial charge in [0.1, 0.15) is 23.1 Å². The zero-order valence-electron chi connectivity index (χ0n) is 11.3. The molecule has 0 aliphatic rings. The summed E-state index contributed by atoms with van der Waals surface area (Å²) < 4.78 is 5.62. The zero-order chi connectivity index (χ0) is 15.6. The number of benzene rings is 1. The second-order valence-electron chi connectivity index (χ2n) is 4.38. The maximum atomic E-state index is 11.1. The third-order valence-electron chi connectivity index (χ3n) is 2.80. The number of halogens is 1. The highest BCUT2D eigenvalue weighted by atomic mass is 35.5. The second kappa shape index (κ2) is 5.81. The van der Waals surface area contributed by atoms with Crippen LogP contribution >= 0.6 is 11.6 Å². The SMILES string of the molecule is Cc1cc(Oc2ccc(Cl)c(C(=O)O)c2)c(C#N)c(C)n1. The molecule has 2 rings (SSSR count). The van der Waals surface area contributed by atoms with Crippen molar-refractivity contribution in [3.63, 3.8) is 0 Å². The monoisotopic (exact) mass is 302 g/mol. The Kier molecular flexibility index (Phi) is 4.10. The molecule has 106 valence electrons. The molecule has 1 aromatic heterocycles. The van der Waals surface area contributed by atoms with Crippen LogP contribution in [0.2, 0.25) is 5.02 Å². The number of aryl methyl sites for hydroxylation is 2. The summed E-state index contributed by atoms with van der Waals surface area (Å²) in [6.45, 7) is 3.49. The van der Waals surface area contributed by atoms with Crippen LogP contribution in [0.15, 0.2) is 24.3 Å². The topological polar surface area (TPSA) is 83.2 Å². The molecule has 0 unspecified atom stereocenters. The van der Waals surface area contributed by atoms with E-state index in [0.717, 1.165) is 0 Å². The maximum Gasteiger partial charge on any atom is 0.337 e. The lowest BCUT2D eigenvalue weighted by atomic mass is 10.1. The van der Waals surface area contributed by atoms with E-state index in [1.807, 2.05) is 6.07 Å². The Morgan fingerprint density at radius 3 is 2.71 bits per heavy atom. The lowest BCUT2D eigenvalue weighted by Gasteiger charge is -2.11. The van der Waals surface area contributed by atoms with Crippen molar-refractivity contribution < 1.29 is 14.6 Å². The number of nitrogens with zero attached hydrogens (tertiary/aromatic N) is 2. The molecule has 0 spiro atoms. The first kappa shape index (κ1) is 14.8. The highest BCUT2D eigenvalue weighted by molar-refractivity contribution is 6.33. The predicted molar refractivity (Wildman–Crippen MR) is 76.9 cm³/mol. The number of nitriles is 1. The van der Waals surface area contributed by atoms with Gasteiger partial charge >= 0.3 is 5.97 Å². The molecule has 0 bridgehead atoms. The lowest BCUT2D eigenvalue weighted by Crippen LogP contribution is -1.99. The van der Waals surface area contributed by atoms with Crippen molar-refractivity contribution in [2.75, 3.05) is 0 Å². The van der Waals surface area contributed by atoms with Crippen LogP contribution in [0.1, 0.15) is 27.3 Å². The van der Waals surface area contributed by atoms with Crippen molar-refractivity contribution in [2.45, 2.75) is 13.8 Å². The van der Waals surface area contributed by atoms with E-state index in [4.69, 9.17) is 26.7 Å². The van der Waals surface area contributed by atoms with Crippen molar-refractivity contribution >= 4 is 17.6 Å². The fourth-order valence-electron chi connectivity index (χ4n) is 1.87. The summed E-state index contributed by atoms with van der Waals surface area (Å²) in [4.78, 5) is 15.2. The molecule has 0 aliphatic carbocycles. The van der Waals surface area contributed by atoms with E-state index in [1.165, 1.54) is 12.1 Å². The van der Waals surface area contributed by atoms with Crippen LogP contribution in [0.3, 0.4) is 0 Å². The summed E-state index contributed by atoms with van der Waals surface area (Å²) in [6.07, 6.45) is 0. The van der Waals surface area contributed by atoms with Gasteiger partial charge in [0.15, 0.2) is 0 Å². The Morgan fingerprint density at radius 2 is 2.10 bits per heavy atom. The van der Waals surface area contributed by atoms with Crippen LogP contribution in [-0.4, -0.2) is 16.1 Å². The third-order valence-corrected chi connectivity index (χ3v) is 3.13. The molecule has 0 saturated heterocycles. The summed E-state index contributed by atoms with van der Waals surface area (Å²) in [5.41, 5.74) is 1.51. The number of aromatic carboxylic acids is 1. The Hall–Kier alpha value is -2.58. The predicted octanol–water partition coefficient (Wildman–Crippen LogP) is 3.71. The van der Waals surface area contributed by atoms with Gasteiger partial charge in [-0.2, -0.15) is 5.26 Å². The summed E-state index contributed by atoms with van der Waals surface area (Å²) in [5, 5.41) is 18.3. The van der Waals surface area contributed by atoms with E-state index in [9.17, 15) is 4.79 Å². The molecular formula is C15H11ClN2O3. The molecule has 1 N–H and O–H groups in total. The van der Waals surface area contributed by atoms with Crippen molar-refractivity contribution in [1.82, 2.24) is 4.98 Å². The smallest absolute Gasteiger partial charge is 0.337 e. The van der Waals surface area contributed by atoms with Gasteiger partial charge < -0.3 is 9.84 Å². The number of hydrogen-bond donors (Lipinski definition) is 1. The van der Waals surface area contributed by atoms with E-state index < -0.39 is 5.97 Å². The number of ether oxygens (including phenoxy) is 1. The molecule has 21 heavy (non-hydrogen) atoms. The van der Waals surface area contributed by atoms with Crippen LogP contribution in [0.4, 0.5) is 0 Å². The van der Waals surface area contributed by atoms with Crippen molar-refractivity contribution in [3.05, 3.63) is 51.8 Å². The number of aromatic nitrogens is 1. The number of carboxylic acids is 1. The molecule has 0 saturated carbocycles. The van der Waals surface area contributed by atoms with Crippen molar-refractivity contribution in [1.29, 1.82) is 5.26 Å². The van der Waals surface area contributed by atoms with E-state index in [2.05, 4.69) is 4.98 Å². The number of hydrogen-bond acceptors (Lipinski definition) is 4. The summed E-state index contributed by atoms with van der Waals surface area (Å²) in [7, 11) is 0. The molecular weight excluding hydrogens is 292 g/mol. The highest BCUT2D eigenvalue weighted by Gasteiger charge is 2.13. The van der Waals surface area contributed by atoms with Gasteiger partial charge in [0, 0.05) is 11.8 Å². The molecule has 5 nitrogen and oxygen atoms in total. The van der Waals surface area contributed by atoms with E-state index >= 15 is 0 Å². The van der Waals surface area contributed by atoms with Gasteiger partial charge in [-0.25, -0.2) is 4.79 Å². The third kappa shape index (κ3) is 3.12. The molecule has 1 heterocycles. The molecule has 2 aromatic rings. The zero-order valence-corrected chi connectivity index (χ0v) is 12.1. The summed E-state index contributed by atoms with van der Waals surface area (Å²) in [5.74, 6) is -0.521. The van der Waals surface area contributed by atoms with Crippen LogP contribution in [0.25, 0.3) is 0 Å². The van der Waals surface area contributed by atoms with E-state index in [1.54, 1.807) is 26.0 Å². The summed E-state index contributed by atoms with van der Waals surface area (Å²) >= 11 is 5.80. The van der Waals surface area contributed by atoms with Crippen LogP contribution in [0.5, 0.6) is 11.5 Å². The van der Waals surface area contributed by atoms with Crippen LogP contribution < -0.4 is 4.74 Å². The van der Waals surface area contributed by atoms with E-state index in [-0.39, 0.29) is 10.6 Å². The Morgan fingerprint density at radius 1 is 1.38 bits per heavy atom. The van der Waals surface area contributed by atoms with Gasteiger partial charge in [0.05, 0.1) is 16.3 Å². The number of rotatable bonds is 3. The second-order valence-corrected chi connectivity index (χ2v) is 4.79. The number of pyridine rings is 1. The minimum atomic E-state index is -1.15. The first-order chi connectivity index (χ1) is 9.92. The van der Waals surface area contributed by atoms with Crippen LogP contribution in [-0.2, 0) is 0 Å². The van der Waals surface area contributed by atoms with Gasteiger partial charge in [-0.3, -0.25) is 4.98 Å². The average Bonchev–Trinajstić information content (AvgIpc) is 2.40. The molecule has 6 heteroatoms. The first-order valence-corrected chi connectivity index (χ1v) is 6.39. The molecule has 0 radical (unpaired) electrons. The van der Waals surface area contributed by atoms with Crippen LogP contribution in [0, 0.1) is 25.2 Å². The quantitative estimate of drug-likeness (QED) is 0.934. The Labute approximate surface area is 126 Å². The van der Waals surface area contributed by atoms with Crippen molar-refractivity contribution in [3.8, 4) is 17.6 Å². The number of carboxylic acid groups (broad SMARTS) is 1. The summed E-state index contributed by atoms with van der Waals surface area (Å²) in [6, 6.07) is 7.95. The largest absolute Gasteiger partial charge is 0.478 e. The first-order valence-electron chi connectivity index (χ1n) is 6.01. The standard InChI is InChI=1S/C15H11ClN2O3/c1-8-5-14(12(7-17)9(2)18-8)21-10-3-4-13(16)11(6-10)15(19)20/h3-6H,1-2H3,(H,19,20). The fourth-order valence-corrected chi connectivity index (χ4v) is 2.07. The van der Waals surface area contributed by atoms with Gasteiger partial charge in [0.2, 0.25) is 0 Å². The van der Waals surface area contributed by atoms with E-state index in [0.29, 0.717) is 28.5 Å². The van der Waals surface area contributed by atoms with Gasteiger partial charge in [-0.15, -0.1) is 0 Å². The normalized spacial score (nSPS) is 10.0. The highest BCUT2D eigenvalue weighted by Crippen LogP contribution is 2.29. The Balaban J connectivity index is 2.46. The molecule has 0 fully saturated rings. The fraction of sp³-hybridized carbons (Fsp3) is 0.133. The van der Waals surface area contributed by atoms with Gasteiger partial charge in [0.25, 0.3) is 0 Å². The minimum absolute atomic E-state index is 0.0600. The maximum absolute atomic E-state index is 11.1. The molecule has 0 atom stereocenters. The lowest BCUT2D eigenvalue weighted by molar-refractivity contribution is 0.0696. The average molecular weight is 303 g/mol. The number of carbonyl (C=O) groups is 1. The van der Waals surface area contributed by atoms with Gasteiger partial charge in [-0.05, 0) is 32.0 Å². The minimum Gasteiger partial charge on any atom is -0.478 e.